The number of rotatable bonds is 16. The number of aromatic hydroxyl groups is 3. The molecule has 2 aliphatic rings. The van der Waals surface area contributed by atoms with E-state index >= 15 is 0 Å². The van der Waals surface area contributed by atoms with Gasteiger partial charge in [0.15, 0.2) is 11.1 Å². The minimum Gasteiger partial charge on any atom is -0.506 e. The SMILES string of the molecule is Cc1cc(NS(=O)(=O)c2cc(NS(=O)(=O)c3cc(N=Nc4cc(S(=O)(=O)N5CCOCC5)c(O)c5cccc(NOS(C)=O)c45)ccc3Cl)c(O)cc2N2CCOCC2)c(O)cc1C(C)(C)CC(C)(C)C. The summed E-state index contributed by atoms with van der Waals surface area (Å²) >= 11 is 4.67. The number of sulfonamides is 3. The fourth-order valence-corrected chi connectivity index (χ4v) is 13.5. The van der Waals surface area contributed by atoms with Gasteiger partial charge < -0.3 is 29.7 Å². The maximum absolute atomic E-state index is 14.5. The van der Waals surface area contributed by atoms with E-state index in [-0.39, 0.29) is 113 Å². The van der Waals surface area contributed by atoms with Gasteiger partial charge in [-0.05, 0) is 83.8 Å². The normalized spacial score (nSPS) is 16.1. The molecule has 1 atom stereocenters. The van der Waals surface area contributed by atoms with Crippen molar-refractivity contribution in [3.8, 4) is 17.2 Å². The van der Waals surface area contributed by atoms with Crippen molar-refractivity contribution in [3.05, 3.63) is 82.9 Å². The van der Waals surface area contributed by atoms with E-state index in [1.165, 1.54) is 48.7 Å². The molecule has 0 aliphatic carbocycles. The van der Waals surface area contributed by atoms with E-state index in [4.69, 9.17) is 25.4 Å². The fraction of sp³-hybridized carbons (Fsp3) is 0.391. The molecular formula is C46H56ClN7O13S4. The van der Waals surface area contributed by atoms with Crippen LogP contribution >= 0.6 is 11.6 Å². The van der Waals surface area contributed by atoms with Crippen LogP contribution in [0.3, 0.4) is 0 Å². The summed E-state index contributed by atoms with van der Waals surface area (Å²) in [7, 11) is -13.8. The van der Waals surface area contributed by atoms with E-state index < -0.39 is 73.0 Å². The van der Waals surface area contributed by atoms with Crippen LogP contribution in [0.15, 0.2) is 91.6 Å². The smallest absolute Gasteiger partial charge is 0.264 e. The number of nitrogens with zero attached hydrogens (tertiary/aromatic N) is 4. The van der Waals surface area contributed by atoms with Crippen LogP contribution in [0.1, 0.15) is 52.2 Å². The summed E-state index contributed by atoms with van der Waals surface area (Å²) in [5.74, 6) is -1.57. The number of anilines is 4. The molecule has 0 bridgehead atoms. The monoisotopic (exact) mass is 1080 g/mol. The first-order valence-electron chi connectivity index (χ1n) is 22.1. The maximum Gasteiger partial charge on any atom is 0.264 e. The van der Waals surface area contributed by atoms with Gasteiger partial charge in [-0.1, -0.05) is 58.4 Å². The third-order valence-corrected chi connectivity index (χ3v) is 17.1. The molecule has 0 amide bonds. The van der Waals surface area contributed by atoms with E-state index in [0.29, 0.717) is 0 Å². The minimum absolute atomic E-state index is 0.00356. The number of benzene rings is 5. The molecule has 0 aromatic heterocycles. The highest BCUT2D eigenvalue weighted by Gasteiger charge is 2.34. The Kier molecular flexibility index (Phi) is 15.6. The zero-order valence-corrected chi connectivity index (χ0v) is 44.0. The third-order valence-electron chi connectivity index (χ3n) is 11.7. The Morgan fingerprint density at radius 2 is 1.35 bits per heavy atom. The van der Waals surface area contributed by atoms with Gasteiger partial charge in [-0.25, -0.2) is 29.5 Å². The van der Waals surface area contributed by atoms with Gasteiger partial charge >= 0.3 is 0 Å². The number of ether oxygens (including phenoxy) is 2. The van der Waals surface area contributed by atoms with Gasteiger partial charge in [-0.2, -0.15) is 13.7 Å². The number of fused-ring (bicyclic) bond motifs is 1. The fourth-order valence-electron chi connectivity index (χ4n) is 8.92. The van der Waals surface area contributed by atoms with E-state index in [2.05, 4.69) is 45.9 Å². The molecule has 71 heavy (non-hydrogen) atoms. The molecule has 384 valence electrons. The highest BCUT2D eigenvalue weighted by Crippen LogP contribution is 2.46. The summed E-state index contributed by atoms with van der Waals surface area (Å²) in [6.07, 6.45) is 2.02. The lowest BCUT2D eigenvalue weighted by Gasteiger charge is -2.34. The van der Waals surface area contributed by atoms with Gasteiger partial charge in [-0.15, -0.1) is 5.11 Å². The molecule has 2 aliphatic heterocycles. The highest BCUT2D eigenvalue weighted by molar-refractivity contribution is 7.93. The van der Waals surface area contributed by atoms with Crippen LogP contribution < -0.4 is 19.8 Å². The van der Waals surface area contributed by atoms with Crippen LogP contribution in [0.4, 0.5) is 34.1 Å². The Balaban J connectivity index is 1.26. The number of phenols is 3. The molecule has 2 heterocycles. The molecule has 1 unspecified atom stereocenters. The van der Waals surface area contributed by atoms with E-state index in [9.17, 15) is 44.8 Å². The van der Waals surface area contributed by atoms with Crippen LogP contribution in [0.2, 0.25) is 5.02 Å². The minimum atomic E-state index is -4.79. The first-order chi connectivity index (χ1) is 33.2. The highest BCUT2D eigenvalue weighted by atomic mass is 35.5. The number of azo groups is 1. The summed E-state index contributed by atoms with van der Waals surface area (Å²) < 4.78 is 119. The lowest BCUT2D eigenvalue weighted by atomic mass is 9.71. The Bertz CT molecular complexity index is 3270. The number of morpholine rings is 2. The lowest BCUT2D eigenvalue weighted by molar-refractivity contribution is 0.0730. The van der Waals surface area contributed by atoms with Crippen molar-refractivity contribution in [3.63, 3.8) is 0 Å². The van der Waals surface area contributed by atoms with Crippen LogP contribution in [0.25, 0.3) is 10.8 Å². The van der Waals surface area contributed by atoms with Gasteiger partial charge in [0, 0.05) is 49.3 Å². The van der Waals surface area contributed by atoms with Gasteiger partial charge in [-0.3, -0.25) is 14.9 Å². The molecule has 0 saturated carbocycles. The maximum atomic E-state index is 14.5. The average molecular weight is 1080 g/mol. The van der Waals surface area contributed by atoms with E-state index in [0.717, 1.165) is 46.1 Å². The van der Waals surface area contributed by atoms with Crippen LogP contribution in [0, 0.1) is 12.3 Å². The summed E-state index contributed by atoms with van der Waals surface area (Å²) in [4.78, 5) is 0.160. The summed E-state index contributed by atoms with van der Waals surface area (Å²) in [6, 6.07) is 14.2. The molecule has 7 rings (SSSR count). The van der Waals surface area contributed by atoms with Crippen molar-refractivity contribution in [1.29, 1.82) is 0 Å². The van der Waals surface area contributed by atoms with Crippen molar-refractivity contribution < 1.29 is 58.5 Å². The largest absolute Gasteiger partial charge is 0.506 e. The van der Waals surface area contributed by atoms with Gasteiger partial charge in [0.05, 0.1) is 65.6 Å². The molecule has 20 nitrogen and oxygen atoms in total. The molecule has 2 fully saturated rings. The number of halogens is 1. The standard InChI is InChI=1S/C46H56ClN7O13S4/c1-28-21-34(38(55)23-31(28)46(5,6)27-45(2,3)4)51-70(61,62)41-24-35(39(56)26-37(41)53-13-17-65-18-14-53)52-69(59,60)40-22-29(11-12-32(40)47)48-49-36-25-42(71(63,64)54-15-19-66-20-16-54)44(57)30-9-8-10-33(43(30)36)50-67-68(7)58/h8-12,21-26,50-52,55-57H,13-20,27H2,1-7H3. The zero-order chi connectivity index (χ0) is 51.8. The third kappa shape index (κ3) is 12.0. The summed E-state index contributed by atoms with van der Waals surface area (Å²) in [5, 5.41) is 42.4. The number of aryl methyl sites for hydroxylation is 1. The average Bonchev–Trinajstić information content (AvgIpc) is 3.29. The van der Waals surface area contributed by atoms with Crippen LogP contribution in [0.5, 0.6) is 17.2 Å². The molecule has 2 saturated heterocycles. The Morgan fingerprint density at radius 1 is 0.746 bits per heavy atom. The van der Waals surface area contributed by atoms with E-state index in [1.807, 2.05) is 20.8 Å². The van der Waals surface area contributed by atoms with Crippen molar-refractivity contribution in [1.82, 2.24) is 4.31 Å². The molecular weight excluding hydrogens is 1020 g/mol. The Labute approximate surface area is 420 Å². The summed E-state index contributed by atoms with van der Waals surface area (Å²) in [5.41, 5.74) is 2.90. The second-order valence-electron chi connectivity index (χ2n) is 18.8. The number of hydrogen-bond acceptors (Lipinski definition) is 17. The molecule has 0 radical (unpaired) electrons. The molecule has 0 spiro atoms. The van der Waals surface area contributed by atoms with Gasteiger partial charge in [0.2, 0.25) is 10.0 Å². The quantitative estimate of drug-likeness (QED) is 0.0309. The van der Waals surface area contributed by atoms with E-state index in [1.54, 1.807) is 4.90 Å². The zero-order valence-electron chi connectivity index (χ0n) is 39.9. The second-order valence-corrected chi connectivity index (χ2v) is 25.4. The predicted molar refractivity (Wildman–Crippen MR) is 272 cm³/mol. The van der Waals surface area contributed by atoms with Gasteiger partial charge in [0.25, 0.3) is 20.0 Å². The second kappa shape index (κ2) is 20.7. The Hall–Kier alpha value is -5.31. The molecule has 6 N–H and O–H groups in total. The van der Waals surface area contributed by atoms with Crippen LogP contribution in [-0.2, 0) is 60.3 Å². The first-order valence-corrected chi connectivity index (χ1v) is 28.4. The van der Waals surface area contributed by atoms with Crippen molar-refractivity contribution in [2.75, 3.05) is 78.7 Å². The van der Waals surface area contributed by atoms with Gasteiger partial charge in [0.1, 0.15) is 31.9 Å². The van der Waals surface area contributed by atoms with Crippen molar-refractivity contribution >= 4 is 97.6 Å². The van der Waals surface area contributed by atoms with Crippen LogP contribution in [-0.4, -0.2) is 108 Å². The van der Waals surface area contributed by atoms with Crippen molar-refractivity contribution in [2.45, 2.75) is 68.1 Å². The topological polar surface area (TPSA) is 275 Å². The number of nitrogens with one attached hydrogen (secondary N) is 3. The lowest BCUT2D eigenvalue weighted by Crippen LogP contribution is -2.40. The first kappa shape index (κ1) is 53.5. The molecule has 25 heteroatoms. The number of hydrogen-bond donors (Lipinski definition) is 6. The number of phenolic OH excluding ortho intramolecular Hbond substituents is 3. The van der Waals surface area contributed by atoms with Crippen molar-refractivity contribution in [2.24, 2.45) is 15.6 Å². The summed E-state index contributed by atoms with van der Waals surface area (Å²) in [6.45, 7) is 13.5. The molecule has 5 aromatic carbocycles. The molecule has 5 aromatic rings. The predicted octanol–water partition coefficient (Wildman–Crippen LogP) is 8.14. The Morgan fingerprint density at radius 3 is 1.99 bits per heavy atom.